The molecule has 1 amide bonds. The van der Waals surface area contributed by atoms with Crippen molar-refractivity contribution < 1.29 is 4.79 Å². The summed E-state index contributed by atoms with van der Waals surface area (Å²) < 4.78 is 0. The number of pyridine rings is 1. The first-order valence-electron chi connectivity index (χ1n) is 5.80. The van der Waals surface area contributed by atoms with Gasteiger partial charge in [0.15, 0.2) is 5.82 Å². The Morgan fingerprint density at radius 3 is 2.94 bits per heavy atom. The number of aromatic nitrogens is 1. The predicted octanol–water partition coefficient (Wildman–Crippen LogP) is 1.38. The summed E-state index contributed by atoms with van der Waals surface area (Å²) in [7, 11) is 0. The van der Waals surface area contributed by atoms with Crippen molar-refractivity contribution in [2.75, 3.05) is 12.0 Å². The summed E-state index contributed by atoms with van der Waals surface area (Å²) in [6, 6.07) is 3.50. The van der Waals surface area contributed by atoms with Crippen LogP contribution in [0, 0.1) is 0 Å². The third kappa shape index (κ3) is 2.10. The smallest absolute Gasteiger partial charge is 0.258 e. The molecule has 0 atom stereocenters. The van der Waals surface area contributed by atoms with Crippen LogP contribution >= 0.6 is 0 Å². The zero-order chi connectivity index (χ0) is 12.5. The van der Waals surface area contributed by atoms with Gasteiger partial charge in [0.05, 0.1) is 5.56 Å². The zero-order valence-electron chi connectivity index (χ0n) is 10.2. The van der Waals surface area contributed by atoms with Crippen molar-refractivity contribution in [2.45, 2.75) is 32.2 Å². The second kappa shape index (κ2) is 4.33. The first kappa shape index (κ1) is 11.9. The van der Waals surface area contributed by atoms with E-state index in [9.17, 15) is 4.79 Å². The number of carbonyl (C=O) groups excluding carboxylic acids is 1. The molecule has 1 aromatic heterocycles. The fourth-order valence-corrected chi connectivity index (χ4v) is 2.32. The number of anilines is 1. The van der Waals surface area contributed by atoms with Gasteiger partial charge in [-0.25, -0.2) is 10.8 Å². The van der Waals surface area contributed by atoms with Crippen molar-refractivity contribution in [2.24, 2.45) is 5.84 Å². The van der Waals surface area contributed by atoms with Crippen molar-refractivity contribution in [3.8, 4) is 0 Å². The minimum atomic E-state index is -0.0845. The van der Waals surface area contributed by atoms with Crippen molar-refractivity contribution >= 4 is 11.7 Å². The number of hydrazine groups is 1. The van der Waals surface area contributed by atoms with Crippen molar-refractivity contribution in [1.82, 2.24) is 9.88 Å². The number of likely N-dealkylation sites (tertiary alicyclic amines) is 1. The molecule has 1 saturated heterocycles. The maximum Gasteiger partial charge on any atom is 0.258 e. The highest BCUT2D eigenvalue weighted by atomic mass is 16.2. The SMILES string of the molecule is CC1(C)CCCN1C(=O)c1cccnc1NN. The number of nitrogen functional groups attached to an aromatic ring is 1. The first-order valence-corrected chi connectivity index (χ1v) is 5.80. The third-order valence-corrected chi connectivity index (χ3v) is 3.32. The van der Waals surface area contributed by atoms with E-state index >= 15 is 0 Å². The molecule has 92 valence electrons. The zero-order valence-corrected chi connectivity index (χ0v) is 10.2. The number of nitrogens with two attached hydrogens (primary N) is 1. The lowest BCUT2D eigenvalue weighted by Gasteiger charge is -2.32. The monoisotopic (exact) mass is 234 g/mol. The van der Waals surface area contributed by atoms with Gasteiger partial charge in [-0.1, -0.05) is 0 Å². The number of nitrogens with one attached hydrogen (secondary N) is 1. The highest BCUT2D eigenvalue weighted by molar-refractivity contribution is 5.99. The van der Waals surface area contributed by atoms with Gasteiger partial charge in [-0.3, -0.25) is 4.79 Å². The van der Waals surface area contributed by atoms with Gasteiger partial charge < -0.3 is 10.3 Å². The molecule has 1 aliphatic rings. The molecule has 0 saturated carbocycles. The van der Waals surface area contributed by atoms with Gasteiger partial charge >= 0.3 is 0 Å². The van der Waals surface area contributed by atoms with E-state index in [-0.39, 0.29) is 11.4 Å². The Morgan fingerprint density at radius 1 is 1.59 bits per heavy atom. The lowest BCUT2D eigenvalue weighted by atomic mass is 10.0. The average Bonchev–Trinajstić information content (AvgIpc) is 2.68. The Hall–Kier alpha value is -1.62. The molecule has 1 fully saturated rings. The molecule has 5 nitrogen and oxygen atoms in total. The van der Waals surface area contributed by atoms with Gasteiger partial charge in [-0.2, -0.15) is 0 Å². The van der Waals surface area contributed by atoms with Crippen molar-refractivity contribution in [3.63, 3.8) is 0 Å². The van der Waals surface area contributed by atoms with E-state index in [1.54, 1.807) is 18.3 Å². The highest BCUT2D eigenvalue weighted by Gasteiger charge is 2.36. The van der Waals surface area contributed by atoms with E-state index in [0.29, 0.717) is 11.4 Å². The molecule has 17 heavy (non-hydrogen) atoms. The van der Waals surface area contributed by atoms with E-state index < -0.39 is 0 Å². The molecule has 1 aromatic rings. The van der Waals surface area contributed by atoms with E-state index in [0.717, 1.165) is 19.4 Å². The van der Waals surface area contributed by atoms with Crippen LogP contribution in [0.5, 0.6) is 0 Å². The number of amides is 1. The van der Waals surface area contributed by atoms with Crippen LogP contribution in [0.2, 0.25) is 0 Å². The summed E-state index contributed by atoms with van der Waals surface area (Å²) in [5.74, 6) is 5.80. The summed E-state index contributed by atoms with van der Waals surface area (Å²) >= 11 is 0. The minimum Gasteiger partial charge on any atom is -0.333 e. The second-order valence-corrected chi connectivity index (χ2v) is 4.92. The maximum absolute atomic E-state index is 12.4. The highest BCUT2D eigenvalue weighted by Crippen LogP contribution is 2.30. The number of rotatable bonds is 2. The number of nitrogens with zero attached hydrogens (tertiary/aromatic N) is 2. The van der Waals surface area contributed by atoms with Crippen LogP contribution in [0.15, 0.2) is 18.3 Å². The molecule has 0 aliphatic carbocycles. The van der Waals surface area contributed by atoms with E-state index in [2.05, 4.69) is 24.3 Å². The standard InChI is InChI=1S/C12H18N4O/c1-12(2)6-4-8-16(12)11(17)9-5-3-7-14-10(9)15-13/h3,5,7H,4,6,8,13H2,1-2H3,(H,14,15). The molecular weight excluding hydrogens is 216 g/mol. The van der Waals surface area contributed by atoms with Gasteiger partial charge in [-0.15, -0.1) is 0 Å². The molecule has 0 spiro atoms. The Balaban J connectivity index is 2.31. The van der Waals surface area contributed by atoms with Crippen LogP contribution in [-0.2, 0) is 0 Å². The molecule has 2 rings (SSSR count). The van der Waals surface area contributed by atoms with Crippen LogP contribution in [0.3, 0.4) is 0 Å². The van der Waals surface area contributed by atoms with Crippen LogP contribution in [0.25, 0.3) is 0 Å². The number of carbonyl (C=O) groups is 1. The van der Waals surface area contributed by atoms with Gasteiger partial charge in [0.1, 0.15) is 0 Å². The summed E-state index contributed by atoms with van der Waals surface area (Å²) in [4.78, 5) is 18.4. The molecule has 0 aromatic carbocycles. The molecule has 0 unspecified atom stereocenters. The second-order valence-electron chi connectivity index (χ2n) is 4.92. The van der Waals surface area contributed by atoms with Crippen LogP contribution in [0.4, 0.5) is 5.82 Å². The lowest BCUT2D eigenvalue weighted by Crippen LogP contribution is -2.43. The molecule has 0 radical (unpaired) electrons. The van der Waals surface area contributed by atoms with Crippen molar-refractivity contribution in [1.29, 1.82) is 0 Å². The fourth-order valence-electron chi connectivity index (χ4n) is 2.32. The van der Waals surface area contributed by atoms with Gasteiger partial charge in [0.25, 0.3) is 5.91 Å². The molecule has 2 heterocycles. The summed E-state index contributed by atoms with van der Waals surface area (Å²) in [6.45, 7) is 4.97. The topological polar surface area (TPSA) is 71.2 Å². The van der Waals surface area contributed by atoms with Gasteiger partial charge in [0.2, 0.25) is 0 Å². The largest absolute Gasteiger partial charge is 0.333 e. The van der Waals surface area contributed by atoms with Crippen LogP contribution < -0.4 is 11.3 Å². The number of hydrogen-bond donors (Lipinski definition) is 2. The molecule has 0 bridgehead atoms. The van der Waals surface area contributed by atoms with E-state index in [1.165, 1.54) is 0 Å². The van der Waals surface area contributed by atoms with Crippen molar-refractivity contribution in [3.05, 3.63) is 23.9 Å². The normalized spacial score (nSPS) is 18.2. The number of hydrogen-bond acceptors (Lipinski definition) is 4. The average molecular weight is 234 g/mol. The van der Waals surface area contributed by atoms with Crippen LogP contribution in [0.1, 0.15) is 37.0 Å². The molecule has 3 N–H and O–H groups in total. The minimum absolute atomic E-state index is 0.00597. The molecular formula is C12H18N4O. The van der Waals surface area contributed by atoms with E-state index in [4.69, 9.17) is 5.84 Å². The fraction of sp³-hybridized carbons (Fsp3) is 0.500. The Kier molecular flexibility index (Phi) is 3.02. The summed E-state index contributed by atoms with van der Waals surface area (Å²) in [5.41, 5.74) is 2.92. The van der Waals surface area contributed by atoms with Crippen LogP contribution in [-0.4, -0.2) is 27.9 Å². The molecule has 1 aliphatic heterocycles. The summed E-state index contributed by atoms with van der Waals surface area (Å²) in [6.07, 6.45) is 3.69. The Labute approximate surface area is 101 Å². The first-order chi connectivity index (χ1) is 8.06. The Morgan fingerprint density at radius 2 is 2.35 bits per heavy atom. The Bertz CT molecular complexity index is 430. The maximum atomic E-state index is 12.4. The predicted molar refractivity (Wildman–Crippen MR) is 66.4 cm³/mol. The summed E-state index contributed by atoms with van der Waals surface area (Å²) in [5, 5.41) is 0. The van der Waals surface area contributed by atoms with E-state index in [1.807, 2.05) is 4.90 Å². The lowest BCUT2D eigenvalue weighted by molar-refractivity contribution is 0.0652. The molecule has 5 heteroatoms. The van der Waals surface area contributed by atoms with Gasteiger partial charge in [-0.05, 0) is 38.8 Å². The third-order valence-electron chi connectivity index (χ3n) is 3.32. The van der Waals surface area contributed by atoms with Gasteiger partial charge in [0, 0.05) is 18.3 Å². The quantitative estimate of drug-likeness (QED) is 0.599.